The molecule has 0 unspecified atom stereocenters. The lowest BCUT2D eigenvalue weighted by atomic mass is 10.0. The van der Waals surface area contributed by atoms with Crippen LogP contribution in [-0.2, 0) is 21.0 Å². The standard InChI is InChI=1S/C20H19Br2NO4/c1-13-10-14(11-18(21)22)8-9-17(13)27-12-15-6-4-5-7-16(15)19(23-26-3)20(24)25-2/h4-11H,12H2,1-3H3. The minimum absolute atomic E-state index is 0.0959. The molecule has 2 aromatic carbocycles. The molecule has 2 rings (SSSR count). The molecule has 0 fully saturated rings. The van der Waals surface area contributed by atoms with Crippen LogP contribution in [0.4, 0.5) is 0 Å². The van der Waals surface area contributed by atoms with Crippen LogP contribution in [0.1, 0.15) is 22.3 Å². The Morgan fingerprint density at radius 3 is 2.52 bits per heavy atom. The Kier molecular flexibility index (Phi) is 8.06. The molecule has 0 atom stereocenters. The number of aryl methyl sites for hydroxylation is 1. The number of carbonyl (C=O) groups is 1. The first-order chi connectivity index (χ1) is 13.0. The molecule has 0 heterocycles. The zero-order chi connectivity index (χ0) is 19.8. The smallest absolute Gasteiger partial charge is 0.360 e. The number of benzene rings is 2. The van der Waals surface area contributed by atoms with E-state index in [0.29, 0.717) is 5.56 Å². The SMILES string of the molecule is CON=C(C(=O)OC)c1ccccc1COc1ccc(C=C(Br)Br)cc1C. The lowest BCUT2D eigenvalue weighted by Crippen LogP contribution is -2.19. The Labute approximate surface area is 175 Å². The first kappa shape index (κ1) is 21.2. The number of carbonyl (C=O) groups excluding carboxylic acids is 1. The van der Waals surface area contributed by atoms with E-state index in [1.165, 1.54) is 14.2 Å². The molecular formula is C20H19Br2NO4. The fraction of sp³-hybridized carbons (Fsp3) is 0.200. The van der Waals surface area contributed by atoms with Gasteiger partial charge in [0, 0.05) is 5.56 Å². The number of rotatable bonds is 7. The van der Waals surface area contributed by atoms with Crippen molar-refractivity contribution in [3.63, 3.8) is 0 Å². The molecule has 0 saturated heterocycles. The molecule has 5 nitrogen and oxygen atoms in total. The fourth-order valence-electron chi connectivity index (χ4n) is 2.47. The number of oxime groups is 1. The van der Waals surface area contributed by atoms with Gasteiger partial charge in [-0.3, -0.25) is 0 Å². The molecule has 2 aromatic rings. The van der Waals surface area contributed by atoms with Gasteiger partial charge in [0.2, 0.25) is 0 Å². The van der Waals surface area contributed by atoms with Gasteiger partial charge in [-0.05, 0) is 73.7 Å². The molecule has 0 bridgehead atoms. The molecule has 27 heavy (non-hydrogen) atoms. The number of nitrogens with zero attached hydrogens (tertiary/aromatic N) is 1. The molecule has 142 valence electrons. The Balaban J connectivity index is 2.26. The van der Waals surface area contributed by atoms with Gasteiger partial charge in [-0.25, -0.2) is 4.79 Å². The van der Waals surface area contributed by atoms with Crippen molar-refractivity contribution in [3.05, 3.63) is 68.1 Å². The van der Waals surface area contributed by atoms with Gasteiger partial charge in [0.1, 0.15) is 19.5 Å². The monoisotopic (exact) mass is 495 g/mol. The van der Waals surface area contributed by atoms with E-state index in [1.54, 1.807) is 6.07 Å². The number of hydrogen-bond donors (Lipinski definition) is 0. The third kappa shape index (κ3) is 5.94. The van der Waals surface area contributed by atoms with Crippen molar-refractivity contribution in [1.82, 2.24) is 0 Å². The van der Waals surface area contributed by atoms with Crippen LogP contribution in [0.3, 0.4) is 0 Å². The molecule has 0 aliphatic carbocycles. The molecule has 0 radical (unpaired) electrons. The zero-order valence-electron chi connectivity index (χ0n) is 15.2. The highest BCUT2D eigenvalue weighted by molar-refractivity contribution is 9.28. The van der Waals surface area contributed by atoms with E-state index < -0.39 is 5.97 Å². The summed E-state index contributed by atoms with van der Waals surface area (Å²) in [6, 6.07) is 13.2. The Hall–Kier alpha value is -2.12. The third-order valence-corrected chi connectivity index (χ3v) is 4.15. The van der Waals surface area contributed by atoms with E-state index in [1.807, 2.05) is 49.4 Å². The van der Waals surface area contributed by atoms with E-state index in [4.69, 9.17) is 14.3 Å². The van der Waals surface area contributed by atoms with Gasteiger partial charge in [-0.1, -0.05) is 35.5 Å². The van der Waals surface area contributed by atoms with Crippen LogP contribution >= 0.6 is 31.9 Å². The topological polar surface area (TPSA) is 57.1 Å². The molecule has 0 spiro atoms. The summed E-state index contributed by atoms with van der Waals surface area (Å²) >= 11 is 6.71. The molecular weight excluding hydrogens is 478 g/mol. The van der Waals surface area contributed by atoms with Crippen LogP contribution in [0.5, 0.6) is 5.75 Å². The van der Waals surface area contributed by atoms with Crippen LogP contribution < -0.4 is 4.74 Å². The zero-order valence-corrected chi connectivity index (χ0v) is 18.3. The van der Waals surface area contributed by atoms with Crippen molar-refractivity contribution in [2.24, 2.45) is 5.16 Å². The second-order valence-corrected chi connectivity index (χ2v) is 8.29. The Morgan fingerprint density at radius 2 is 1.89 bits per heavy atom. The Morgan fingerprint density at radius 1 is 1.15 bits per heavy atom. The highest BCUT2D eigenvalue weighted by Crippen LogP contribution is 2.25. The van der Waals surface area contributed by atoms with Crippen molar-refractivity contribution in [2.45, 2.75) is 13.5 Å². The number of halogens is 2. The summed E-state index contributed by atoms with van der Waals surface area (Å²) in [6.07, 6.45) is 1.95. The number of methoxy groups -OCH3 is 1. The van der Waals surface area contributed by atoms with Gasteiger partial charge in [-0.2, -0.15) is 0 Å². The van der Waals surface area contributed by atoms with Crippen molar-refractivity contribution in [2.75, 3.05) is 14.2 Å². The number of hydrogen-bond acceptors (Lipinski definition) is 5. The highest BCUT2D eigenvalue weighted by atomic mass is 79.9. The van der Waals surface area contributed by atoms with E-state index in [9.17, 15) is 4.79 Å². The summed E-state index contributed by atoms with van der Waals surface area (Å²) < 4.78 is 11.6. The molecule has 0 N–H and O–H groups in total. The minimum atomic E-state index is -0.572. The number of ether oxygens (including phenoxy) is 2. The lowest BCUT2D eigenvalue weighted by Gasteiger charge is -2.13. The van der Waals surface area contributed by atoms with Crippen LogP contribution in [-0.4, -0.2) is 25.9 Å². The minimum Gasteiger partial charge on any atom is -0.489 e. The van der Waals surface area contributed by atoms with Gasteiger partial charge < -0.3 is 14.3 Å². The normalized spacial score (nSPS) is 10.9. The fourth-order valence-corrected chi connectivity index (χ4v) is 3.00. The quantitative estimate of drug-likeness (QED) is 0.301. The second kappa shape index (κ2) is 10.3. The predicted molar refractivity (Wildman–Crippen MR) is 113 cm³/mol. The van der Waals surface area contributed by atoms with Crippen LogP contribution in [0.2, 0.25) is 0 Å². The first-order valence-corrected chi connectivity index (χ1v) is 9.58. The van der Waals surface area contributed by atoms with Crippen LogP contribution in [0.15, 0.2) is 51.0 Å². The predicted octanol–water partition coefficient (Wildman–Crippen LogP) is 5.19. The van der Waals surface area contributed by atoms with Crippen LogP contribution in [0, 0.1) is 6.92 Å². The number of esters is 1. The van der Waals surface area contributed by atoms with E-state index >= 15 is 0 Å². The lowest BCUT2D eigenvalue weighted by molar-refractivity contribution is -0.132. The summed E-state index contributed by atoms with van der Waals surface area (Å²) in [7, 11) is 2.68. The van der Waals surface area contributed by atoms with E-state index in [2.05, 4.69) is 37.0 Å². The summed E-state index contributed by atoms with van der Waals surface area (Å²) in [5.74, 6) is 0.188. The van der Waals surface area contributed by atoms with Crippen molar-refractivity contribution in [1.29, 1.82) is 0 Å². The molecule has 0 aromatic heterocycles. The van der Waals surface area contributed by atoms with E-state index in [0.717, 1.165) is 25.8 Å². The average Bonchev–Trinajstić information content (AvgIpc) is 2.65. The summed E-state index contributed by atoms with van der Waals surface area (Å²) in [6.45, 7) is 2.25. The van der Waals surface area contributed by atoms with Gasteiger partial charge in [-0.15, -0.1) is 0 Å². The maximum absolute atomic E-state index is 12.0. The van der Waals surface area contributed by atoms with Gasteiger partial charge >= 0.3 is 5.97 Å². The summed E-state index contributed by atoms with van der Waals surface area (Å²) in [5, 5.41) is 3.81. The molecule has 7 heteroatoms. The second-order valence-electron chi connectivity index (χ2n) is 5.52. The van der Waals surface area contributed by atoms with Gasteiger partial charge in [0.15, 0.2) is 5.71 Å². The maximum Gasteiger partial charge on any atom is 0.360 e. The first-order valence-electron chi connectivity index (χ1n) is 8.00. The van der Waals surface area contributed by atoms with Crippen molar-refractivity contribution in [3.8, 4) is 5.75 Å². The third-order valence-electron chi connectivity index (χ3n) is 3.69. The van der Waals surface area contributed by atoms with E-state index in [-0.39, 0.29) is 12.3 Å². The maximum atomic E-state index is 12.0. The molecule has 0 amide bonds. The largest absolute Gasteiger partial charge is 0.489 e. The van der Waals surface area contributed by atoms with Gasteiger partial charge in [0.25, 0.3) is 0 Å². The van der Waals surface area contributed by atoms with Crippen molar-refractivity contribution >= 4 is 49.6 Å². The molecule has 0 saturated carbocycles. The van der Waals surface area contributed by atoms with Gasteiger partial charge in [0.05, 0.1) is 10.5 Å². The summed E-state index contributed by atoms with van der Waals surface area (Å²) in [4.78, 5) is 16.8. The Bertz CT molecular complexity index is 874. The molecule has 0 aliphatic heterocycles. The van der Waals surface area contributed by atoms with Crippen LogP contribution in [0.25, 0.3) is 6.08 Å². The average molecular weight is 497 g/mol. The van der Waals surface area contributed by atoms with Crippen molar-refractivity contribution < 1.29 is 19.1 Å². The molecule has 0 aliphatic rings. The highest BCUT2D eigenvalue weighted by Gasteiger charge is 2.19. The summed E-state index contributed by atoms with van der Waals surface area (Å²) in [5.41, 5.74) is 3.54.